The van der Waals surface area contributed by atoms with Crippen LogP contribution in [0.1, 0.15) is 27.7 Å². The second-order valence-electron chi connectivity index (χ2n) is 5.99. The molecule has 0 heterocycles. The van der Waals surface area contributed by atoms with E-state index in [4.69, 9.17) is 0 Å². The van der Waals surface area contributed by atoms with Gasteiger partial charge in [-0.25, -0.2) is 0 Å². The largest absolute Gasteiger partial charge is 0.303 e. The number of hydrogen-bond donors (Lipinski definition) is 0. The second-order valence-corrected chi connectivity index (χ2v) is 11.6. The van der Waals surface area contributed by atoms with Crippen molar-refractivity contribution in [2.45, 2.75) is 51.9 Å². The molecule has 0 aliphatic heterocycles. The van der Waals surface area contributed by atoms with Gasteiger partial charge in [0.2, 0.25) is 0 Å². The Hall–Kier alpha value is -0.313. The second kappa shape index (κ2) is 4.47. The smallest absolute Gasteiger partial charge is 0.0586 e. The quantitative estimate of drug-likeness (QED) is 0.399. The first-order valence-corrected chi connectivity index (χ1v) is 8.48. The van der Waals surface area contributed by atoms with E-state index in [0.29, 0.717) is 5.04 Å². The lowest BCUT2D eigenvalue weighted by Gasteiger charge is -2.37. The van der Waals surface area contributed by atoms with Crippen LogP contribution in [0.25, 0.3) is 0 Å². The summed E-state index contributed by atoms with van der Waals surface area (Å²) in [5.74, 6) is 0. The van der Waals surface area contributed by atoms with E-state index in [1.165, 1.54) is 11.8 Å². The first-order valence-electron chi connectivity index (χ1n) is 5.28. The van der Waals surface area contributed by atoms with Crippen LogP contribution < -0.4 is 0 Å². The van der Waals surface area contributed by atoms with Gasteiger partial charge in [0.25, 0.3) is 0 Å². The third kappa shape index (κ3) is 4.27. The number of rotatable bonds is 3. The maximum Gasteiger partial charge on any atom is 0.0586 e. The van der Waals surface area contributed by atoms with Gasteiger partial charge in [-0.15, -0.1) is 0 Å². The van der Waals surface area contributed by atoms with Crippen LogP contribution in [0.2, 0.25) is 24.2 Å². The summed E-state index contributed by atoms with van der Waals surface area (Å²) >= 11 is 0. The molecule has 2 nitrogen and oxygen atoms in total. The van der Waals surface area contributed by atoms with Gasteiger partial charge in [-0.2, -0.15) is 5.10 Å². The minimum atomic E-state index is -1.19. The fourth-order valence-electron chi connectivity index (χ4n) is 1.28. The molecule has 0 aliphatic rings. The normalized spacial score (nSPS) is 14.4. The third-order valence-electron chi connectivity index (χ3n) is 3.10. The van der Waals surface area contributed by atoms with E-state index in [1.54, 1.807) is 0 Å². The molecule has 0 fully saturated rings. The molecule has 0 aliphatic carbocycles. The highest BCUT2D eigenvalue weighted by Gasteiger charge is 2.35. The number of nitrogens with zero attached hydrogens (tertiary/aromatic N) is 2. The van der Waals surface area contributed by atoms with Gasteiger partial charge in [0.05, 0.1) is 8.07 Å². The van der Waals surface area contributed by atoms with E-state index >= 15 is 0 Å². The van der Waals surface area contributed by atoms with Crippen LogP contribution in [-0.4, -0.2) is 32.9 Å². The fourth-order valence-corrected chi connectivity index (χ4v) is 3.16. The van der Waals surface area contributed by atoms with Crippen molar-refractivity contribution >= 4 is 13.8 Å². The molecular weight excluding hydrogens is 188 g/mol. The van der Waals surface area contributed by atoms with Gasteiger partial charge < -0.3 is 5.01 Å². The van der Waals surface area contributed by atoms with Crippen LogP contribution in [0.3, 0.4) is 0 Å². The van der Waals surface area contributed by atoms with Gasteiger partial charge in [-0.05, 0) is 18.0 Å². The Balaban J connectivity index is 4.52. The predicted octanol–water partition coefficient (Wildman–Crippen LogP) is 3.43. The van der Waals surface area contributed by atoms with Gasteiger partial charge in [0.15, 0.2) is 0 Å². The molecule has 0 rings (SSSR count). The molecule has 0 aromatic rings. The zero-order valence-electron chi connectivity index (χ0n) is 11.1. The number of hydrazone groups is 1. The minimum Gasteiger partial charge on any atom is -0.303 e. The zero-order valence-corrected chi connectivity index (χ0v) is 12.1. The lowest BCUT2D eigenvalue weighted by molar-refractivity contribution is 0.437. The molecule has 0 saturated heterocycles. The van der Waals surface area contributed by atoms with Gasteiger partial charge in [0, 0.05) is 19.8 Å². The van der Waals surface area contributed by atoms with E-state index < -0.39 is 8.07 Å². The van der Waals surface area contributed by atoms with Crippen molar-refractivity contribution in [1.29, 1.82) is 0 Å². The van der Waals surface area contributed by atoms with Crippen molar-refractivity contribution in [3.05, 3.63) is 0 Å². The van der Waals surface area contributed by atoms with Gasteiger partial charge in [0.1, 0.15) is 0 Å². The Bertz CT molecular complexity index is 212. The van der Waals surface area contributed by atoms with Gasteiger partial charge in [-0.1, -0.05) is 33.9 Å². The standard InChI is InChI=1S/C11H26N2Si/c1-10(12-13(5)6)9-14(7,8)11(2,3)4/h9H2,1-8H3/b12-10+. The first-order chi connectivity index (χ1) is 6.06. The monoisotopic (exact) mass is 214 g/mol. The highest BCUT2D eigenvalue weighted by molar-refractivity contribution is 6.82. The molecule has 0 bridgehead atoms. The SMILES string of the molecule is C/C(C[Si](C)(C)C(C)(C)C)=N\N(C)C. The van der Waals surface area contributed by atoms with E-state index in [1.807, 2.05) is 19.1 Å². The van der Waals surface area contributed by atoms with Crippen molar-refractivity contribution < 1.29 is 0 Å². The summed E-state index contributed by atoms with van der Waals surface area (Å²) in [5, 5.41) is 6.81. The molecule has 0 radical (unpaired) electrons. The van der Waals surface area contributed by atoms with Gasteiger partial charge in [-0.3, -0.25) is 0 Å². The van der Waals surface area contributed by atoms with E-state index in [0.717, 1.165) is 0 Å². The summed E-state index contributed by atoms with van der Waals surface area (Å²) in [6.45, 7) is 14.1. The molecule has 0 saturated carbocycles. The summed E-state index contributed by atoms with van der Waals surface area (Å²) in [6.07, 6.45) is 0. The Morgan fingerprint density at radius 3 is 1.93 bits per heavy atom. The average Bonchev–Trinajstić information content (AvgIpc) is 1.79. The highest BCUT2D eigenvalue weighted by atomic mass is 28.3. The highest BCUT2D eigenvalue weighted by Crippen LogP contribution is 2.38. The van der Waals surface area contributed by atoms with Crippen molar-refractivity contribution in [2.75, 3.05) is 14.1 Å². The zero-order chi connectivity index (χ0) is 11.6. The molecule has 0 amide bonds. The Morgan fingerprint density at radius 1 is 1.21 bits per heavy atom. The minimum absolute atomic E-state index is 0.454. The third-order valence-corrected chi connectivity index (χ3v) is 8.56. The summed E-state index contributed by atoms with van der Waals surface area (Å²) in [6, 6.07) is 1.19. The van der Waals surface area contributed by atoms with Crippen LogP contribution in [0.4, 0.5) is 0 Å². The maximum atomic E-state index is 4.46. The van der Waals surface area contributed by atoms with Crippen LogP contribution >= 0.6 is 0 Å². The molecule has 0 aromatic heterocycles. The molecule has 0 unspecified atom stereocenters. The summed E-state index contributed by atoms with van der Waals surface area (Å²) in [4.78, 5) is 0. The van der Waals surface area contributed by atoms with Gasteiger partial charge >= 0.3 is 0 Å². The van der Waals surface area contributed by atoms with Crippen molar-refractivity contribution in [1.82, 2.24) is 5.01 Å². The molecule has 0 spiro atoms. The van der Waals surface area contributed by atoms with Crippen LogP contribution in [0, 0.1) is 0 Å². The van der Waals surface area contributed by atoms with E-state index in [9.17, 15) is 0 Å². The number of hydrogen-bond acceptors (Lipinski definition) is 2. The molecular formula is C11H26N2Si. The average molecular weight is 214 g/mol. The Labute approximate surface area is 90.4 Å². The lowest BCUT2D eigenvalue weighted by Crippen LogP contribution is -2.38. The molecule has 3 heteroatoms. The van der Waals surface area contributed by atoms with Crippen molar-refractivity contribution in [3.63, 3.8) is 0 Å². The summed E-state index contributed by atoms with van der Waals surface area (Å²) < 4.78 is 0. The van der Waals surface area contributed by atoms with Crippen molar-refractivity contribution in [3.8, 4) is 0 Å². The Morgan fingerprint density at radius 2 is 1.64 bits per heavy atom. The predicted molar refractivity (Wildman–Crippen MR) is 68.8 cm³/mol. The molecule has 0 N–H and O–H groups in total. The fraction of sp³-hybridized carbons (Fsp3) is 0.909. The summed E-state index contributed by atoms with van der Waals surface area (Å²) in [5.41, 5.74) is 1.27. The Kier molecular flexibility index (Phi) is 4.37. The summed E-state index contributed by atoms with van der Waals surface area (Å²) in [7, 11) is 2.77. The molecule has 84 valence electrons. The topological polar surface area (TPSA) is 15.6 Å². The first kappa shape index (κ1) is 13.7. The van der Waals surface area contributed by atoms with Crippen LogP contribution in [0.5, 0.6) is 0 Å². The molecule has 14 heavy (non-hydrogen) atoms. The van der Waals surface area contributed by atoms with E-state index in [-0.39, 0.29) is 0 Å². The molecule has 0 atom stereocenters. The van der Waals surface area contributed by atoms with Crippen molar-refractivity contribution in [2.24, 2.45) is 5.10 Å². The van der Waals surface area contributed by atoms with E-state index in [2.05, 4.69) is 45.9 Å². The van der Waals surface area contributed by atoms with Crippen LogP contribution in [0.15, 0.2) is 5.10 Å². The maximum absolute atomic E-state index is 4.46. The van der Waals surface area contributed by atoms with Crippen LogP contribution in [-0.2, 0) is 0 Å². The molecule has 0 aromatic carbocycles. The lowest BCUT2D eigenvalue weighted by atomic mass is 10.2.